The zero-order valence-electron chi connectivity index (χ0n) is 12.2. The first kappa shape index (κ1) is 14.3. The summed E-state index contributed by atoms with van der Waals surface area (Å²) in [5, 5.41) is 0. The molecule has 3 atom stereocenters. The number of benzene rings is 1. The van der Waals surface area contributed by atoms with Crippen LogP contribution >= 0.6 is 0 Å². The number of nitrogens with one attached hydrogen (secondary N) is 1. The molecule has 0 bridgehead atoms. The van der Waals surface area contributed by atoms with Gasteiger partial charge in [-0.1, -0.05) is 6.07 Å². The van der Waals surface area contributed by atoms with E-state index in [0.717, 1.165) is 24.3 Å². The molecule has 3 N–H and O–H groups in total. The van der Waals surface area contributed by atoms with Gasteiger partial charge in [-0.25, -0.2) is 0 Å². The first-order chi connectivity index (χ1) is 9.08. The van der Waals surface area contributed by atoms with Gasteiger partial charge in [0, 0.05) is 18.1 Å². The van der Waals surface area contributed by atoms with E-state index in [0.29, 0.717) is 5.92 Å². The average molecular weight is 264 g/mol. The van der Waals surface area contributed by atoms with Crippen molar-refractivity contribution in [1.29, 1.82) is 0 Å². The summed E-state index contributed by atoms with van der Waals surface area (Å²) in [5.74, 6) is 7.09. The molecule has 106 valence electrons. The second-order valence-corrected chi connectivity index (χ2v) is 5.37. The van der Waals surface area contributed by atoms with E-state index in [1.54, 1.807) is 7.11 Å². The number of aryl methyl sites for hydroxylation is 2. The van der Waals surface area contributed by atoms with Crippen LogP contribution in [0.4, 0.5) is 0 Å². The minimum absolute atomic E-state index is 0.0630. The molecule has 1 fully saturated rings. The van der Waals surface area contributed by atoms with Crippen molar-refractivity contribution in [2.45, 2.75) is 39.3 Å². The molecule has 0 aromatic heterocycles. The highest BCUT2D eigenvalue weighted by Crippen LogP contribution is 2.38. The molecule has 0 aliphatic carbocycles. The van der Waals surface area contributed by atoms with Gasteiger partial charge in [0.25, 0.3) is 0 Å². The third kappa shape index (κ3) is 2.76. The minimum atomic E-state index is 0.0630. The van der Waals surface area contributed by atoms with Crippen molar-refractivity contribution in [3.05, 3.63) is 28.8 Å². The van der Waals surface area contributed by atoms with Crippen LogP contribution in [-0.4, -0.2) is 19.8 Å². The van der Waals surface area contributed by atoms with E-state index in [1.807, 2.05) is 0 Å². The van der Waals surface area contributed by atoms with Crippen molar-refractivity contribution in [1.82, 2.24) is 5.43 Å². The van der Waals surface area contributed by atoms with Crippen molar-refractivity contribution in [2.75, 3.05) is 13.7 Å². The number of hydrogen-bond donors (Lipinski definition) is 2. The molecular weight excluding hydrogens is 240 g/mol. The zero-order valence-corrected chi connectivity index (χ0v) is 12.2. The van der Waals surface area contributed by atoms with Crippen LogP contribution < -0.4 is 16.0 Å². The average Bonchev–Trinajstić information content (AvgIpc) is 2.78. The quantitative estimate of drug-likeness (QED) is 0.647. The monoisotopic (exact) mass is 264 g/mol. The molecule has 1 saturated heterocycles. The van der Waals surface area contributed by atoms with Crippen LogP contribution in [0.15, 0.2) is 12.1 Å². The molecule has 4 heteroatoms. The van der Waals surface area contributed by atoms with Crippen LogP contribution in [0, 0.1) is 19.8 Å². The van der Waals surface area contributed by atoms with Crippen molar-refractivity contribution < 1.29 is 9.47 Å². The fraction of sp³-hybridized carbons (Fsp3) is 0.600. The number of nitrogens with two attached hydrogens (primary N) is 1. The van der Waals surface area contributed by atoms with Gasteiger partial charge >= 0.3 is 0 Å². The first-order valence-corrected chi connectivity index (χ1v) is 6.81. The van der Waals surface area contributed by atoms with Crippen LogP contribution in [0.2, 0.25) is 0 Å². The Kier molecular flexibility index (Phi) is 4.45. The highest BCUT2D eigenvalue weighted by molar-refractivity contribution is 5.45. The van der Waals surface area contributed by atoms with Crippen LogP contribution in [0.25, 0.3) is 0 Å². The van der Waals surface area contributed by atoms with Gasteiger partial charge in [-0.05, 0) is 44.4 Å². The van der Waals surface area contributed by atoms with Crippen LogP contribution in [-0.2, 0) is 4.74 Å². The second-order valence-electron chi connectivity index (χ2n) is 5.37. The molecule has 4 nitrogen and oxygen atoms in total. The van der Waals surface area contributed by atoms with E-state index < -0.39 is 0 Å². The predicted octanol–water partition coefficient (Wildman–Crippen LogP) is 2.24. The molecule has 0 radical (unpaired) electrons. The summed E-state index contributed by atoms with van der Waals surface area (Å²) in [6, 6.07) is 4.29. The van der Waals surface area contributed by atoms with Crippen LogP contribution in [0.5, 0.6) is 5.75 Å². The first-order valence-electron chi connectivity index (χ1n) is 6.81. The lowest BCUT2D eigenvalue weighted by molar-refractivity contribution is 0.0950. The fourth-order valence-electron chi connectivity index (χ4n) is 3.11. The predicted molar refractivity (Wildman–Crippen MR) is 76.1 cm³/mol. The third-order valence-electron chi connectivity index (χ3n) is 4.07. The molecule has 1 aromatic carbocycles. The van der Waals surface area contributed by atoms with Crippen molar-refractivity contribution in [2.24, 2.45) is 11.8 Å². The summed E-state index contributed by atoms with van der Waals surface area (Å²) >= 11 is 0. The Morgan fingerprint density at radius 3 is 2.68 bits per heavy atom. The Morgan fingerprint density at radius 1 is 1.42 bits per heavy atom. The molecule has 1 aliphatic heterocycles. The Morgan fingerprint density at radius 2 is 2.16 bits per heavy atom. The highest BCUT2D eigenvalue weighted by atomic mass is 16.5. The standard InChI is InChI=1S/C15H24N2O2/c1-9-7-10(2)14(13(8-9)18-4)15(17-16)12-5-6-19-11(12)3/h7-8,11-12,15,17H,5-6,16H2,1-4H3. The van der Waals surface area contributed by atoms with Gasteiger partial charge in [0.1, 0.15) is 5.75 Å². The van der Waals surface area contributed by atoms with Crippen molar-refractivity contribution in [3.8, 4) is 5.75 Å². The summed E-state index contributed by atoms with van der Waals surface area (Å²) in [6.07, 6.45) is 1.23. The van der Waals surface area contributed by atoms with E-state index in [1.165, 1.54) is 11.1 Å². The molecule has 19 heavy (non-hydrogen) atoms. The maximum absolute atomic E-state index is 5.82. The molecule has 1 aliphatic rings. The van der Waals surface area contributed by atoms with E-state index in [4.69, 9.17) is 15.3 Å². The highest BCUT2D eigenvalue weighted by Gasteiger charge is 2.34. The molecular formula is C15H24N2O2. The Balaban J connectivity index is 2.42. The normalized spacial score (nSPS) is 24.5. The Bertz CT molecular complexity index is 448. The lowest BCUT2D eigenvalue weighted by atomic mass is 9.85. The number of hydrogen-bond acceptors (Lipinski definition) is 4. The molecule has 1 aromatic rings. The van der Waals surface area contributed by atoms with Crippen LogP contribution in [0.3, 0.4) is 0 Å². The smallest absolute Gasteiger partial charge is 0.124 e. The van der Waals surface area contributed by atoms with E-state index in [-0.39, 0.29) is 12.1 Å². The summed E-state index contributed by atoms with van der Waals surface area (Å²) in [4.78, 5) is 0. The van der Waals surface area contributed by atoms with Gasteiger partial charge in [-0.15, -0.1) is 0 Å². The lowest BCUT2D eigenvalue weighted by Crippen LogP contribution is -2.37. The van der Waals surface area contributed by atoms with Gasteiger partial charge in [-0.3, -0.25) is 11.3 Å². The van der Waals surface area contributed by atoms with Gasteiger partial charge in [0.2, 0.25) is 0 Å². The largest absolute Gasteiger partial charge is 0.496 e. The second kappa shape index (κ2) is 5.90. The number of rotatable bonds is 4. The summed E-state index contributed by atoms with van der Waals surface area (Å²) < 4.78 is 11.2. The van der Waals surface area contributed by atoms with Gasteiger partial charge in [-0.2, -0.15) is 0 Å². The van der Waals surface area contributed by atoms with E-state index in [2.05, 4.69) is 38.3 Å². The SMILES string of the molecule is COc1cc(C)cc(C)c1C(NN)C1CCOC1C. The molecule has 2 rings (SSSR count). The Hall–Kier alpha value is -1.10. The maximum Gasteiger partial charge on any atom is 0.124 e. The van der Waals surface area contributed by atoms with Crippen molar-refractivity contribution in [3.63, 3.8) is 0 Å². The van der Waals surface area contributed by atoms with E-state index >= 15 is 0 Å². The van der Waals surface area contributed by atoms with Gasteiger partial charge in [0.15, 0.2) is 0 Å². The number of hydrazine groups is 1. The van der Waals surface area contributed by atoms with Crippen LogP contribution in [0.1, 0.15) is 36.1 Å². The Labute approximate surface area is 115 Å². The number of methoxy groups -OCH3 is 1. The fourth-order valence-corrected chi connectivity index (χ4v) is 3.11. The lowest BCUT2D eigenvalue weighted by Gasteiger charge is -2.28. The molecule has 0 saturated carbocycles. The third-order valence-corrected chi connectivity index (χ3v) is 4.07. The van der Waals surface area contributed by atoms with Gasteiger partial charge < -0.3 is 9.47 Å². The maximum atomic E-state index is 5.82. The summed E-state index contributed by atoms with van der Waals surface area (Å²) in [6.45, 7) is 7.09. The zero-order chi connectivity index (χ0) is 14.0. The number of ether oxygens (including phenoxy) is 2. The molecule has 0 spiro atoms. The summed E-state index contributed by atoms with van der Waals surface area (Å²) in [5.41, 5.74) is 6.52. The van der Waals surface area contributed by atoms with Gasteiger partial charge in [0.05, 0.1) is 19.3 Å². The van der Waals surface area contributed by atoms with Crippen molar-refractivity contribution >= 4 is 0 Å². The molecule has 3 unspecified atom stereocenters. The molecule has 0 amide bonds. The minimum Gasteiger partial charge on any atom is -0.496 e. The van der Waals surface area contributed by atoms with E-state index in [9.17, 15) is 0 Å². The molecule has 1 heterocycles. The topological polar surface area (TPSA) is 56.5 Å². The summed E-state index contributed by atoms with van der Waals surface area (Å²) in [7, 11) is 1.71.